The number of benzene rings is 3. The number of carbonyl (C=O) groups is 2. The Labute approximate surface area is 240 Å². The molecule has 2 amide bonds. The minimum Gasteiger partial charge on any atom is -0.361 e. The van der Waals surface area contributed by atoms with E-state index in [1.807, 2.05) is 42.3 Å². The fourth-order valence-electron chi connectivity index (χ4n) is 4.81. The number of hydrogen-bond donors (Lipinski definition) is 1. The molecule has 39 heavy (non-hydrogen) atoms. The second kappa shape index (κ2) is 12.6. The number of aromatic amines is 1. The van der Waals surface area contributed by atoms with Gasteiger partial charge in [-0.2, -0.15) is 0 Å². The van der Waals surface area contributed by atoms with Gasteiger partial charge in [0.1, 0.15) is 6.54 Å². The fourth-order valence-corrected chi connectivity index (χ4v) is 5.21. The minimum absolute atomic E-state index is 0.0488. The molecule has 6 heteroatoms. The fraction of sp³-hybridized carbons (Fsp3) is 0.333. The highest BCUT2D eigenvalue weighted by Gasteiger charge is 2.23. The number of nitrogens with one attached hydrogen (secondary N) is 1. The van der Waals surface area contributed by atoms with Crippen molar-refractivity contribution < 1.29 is 9.59 Å². The number of carbonyl (C=O) groups excluding carboxylic acids is 2. The van der Waals surface area contributed by atoms with Gasteiger partial charge in [-0.25, -0.2) is 0 Å². The van der Waals surface area contributed by atoms with Gasteiger partial charge in [-0.15, -0.1) is 0 Å². The first-order valence-corrected chi connectivity index (χ1v) is 14.4. The molecule has 0 aliphatic rings. The summed E-state index contributed by atoms with van der Waals surface area (Å²) < 4.78 is 0.843. The summed E-state index contributed by atoms with van der Waals surface area (Å²) in [5.41, 5.74) is 5.26. The summed E-state index contributed by atoms with van der Waals surface area (Å²) in [7, 11) is 0. The molecule has 0 unspecified atom stereocenters. The lowest BCUT2D eigenvalue weighted by Crippen LogP contribution is -2.43. The van der Waals surface area contributed by atoms with Crippen LogP contribution in [0.5, 0.6) is 0 Å². The summed E-state index contributed by atoms with van der Waals surface area (Å²) in [5, 5.41) is 1.18. The average Bonchev–Trinajstić information content (AvgIpc) is 3.33. The van der Waals surface area contributed by atoms with Crippen LogP contribution in [-0.4, -0.2) is 46.2 Å². The number of hydrogen-bond acceptors (Lipinski definition) is 2. The molecule has 0 saturated heterocycles. The van der Waals surface area contributed by atoms with Gasteiger partial charge in [-0.3, -0.25) is 9.59 Å². The van der Waals surface area contributed by atoms with E-state index in [0.29, 0.717) is 25.2 Å². The van der Waals surface area contributed by atoms with E-state index in [4.69, 9.17) is 0 Å². The SMILES string of the molecule is CCCN(CC(=O)N(CCc1c[nH]c2ccccc12)Cc1ccc(C(C)(C)C)cc1)C(=O)c1cccc(Br)c1. The van der Waals surface area contributed by atoms with Crippen LogP contribution >= 0.6 is 15.9 Å². The third-order valence-electron chi connectivity index (χ3n) is 7.05. The van der Waals surface area contributed by atoms with Gasteiger partial charge in [0, 0.05) is 46.8 Å². The van der Waals surface area contributed by atoms with Crippen molar-refractivity contribution in [1.29, 1.82) is 0 Å². The molecule has 4 rings (SSSR count). The van der Waals surface area contributed by atoms with Crippen molar-refractivity contribution >= 4 is 38.6 Å². The van der Waals surface area contributed by atoms with Gasteiger partial charge in [-0.05, 0) is 59.2 Å². The predicted octanol–water partition coefficient (Wildman–Crippen LogP) is 7.35. The second-order valence-electron chi connectivity index (χ2n) is 11.1. The van der Waals surface area contributed by atoms with Crippen molar-refractivity contribution in [1.82, 2.24) is 14.8 Å². The highest BCUT2D eigenvalue weighted by molar-refractivity contribution is 9.10. The van der Waals surface area contributed by atoms with Crippen LogP contribution in [0.2, 0.25) is 0 Å². The molecule has 0 radical (unpaired) electrons. The van der Waals surface area contributed by atoms with Crippen LogP contribution in [0.3, 0.4) is 0 Å². The third-order valence-corrected chi connectivity index (χ3v) is 7.54. The molecule has 5 nitrogen and oxygen atoms in total. The van der Waals surface area contributed by atoms with Crippen LogP contribution in [0.25, 0.3) is 10.9 Å². The molecule has 3 aromatic carbocycles. The molecule has 0 aliphatic heterocycles. The van der Waals surface area contributed by atoms with E-state index >= 15 is 0 Å². The molecule has 0 atom stereocenters. The van der Waals surface area contributed by atoms with E-state index in [9.17, 15) is 9.59 Å². The normalized spacial score (nSPS) is 11.5. The molecule has 204 valence electrons. The van der Waals surface area contributed by atoms with Crippen molar-refractivity contribution in [2.45, 2.75) is 52.5 Å². The maximum absolute atomic E-state index is 13.8. The Morgan fingerprint density at radius 1 is 0.897 bits per heavy atom. The Hall–Kier alpha value is -3.38. The van der Waals surface area contributed by atoms with Crippen LogP contribution in [-0.2, 0) is 23.2 Å². The number of rotatable bonds is 10. The standard InChI is InChI=1S/C33H38BrN3O2/c1-5-18-37(32(39)25-9-8-10-28(34)20-25)23-31(38)36(22-24-13-15-27(16-14-24)33(2,3)4)19-17-26-21-35-30-12-7-6-11-29(26)30/h6-16,20-21,35H,5,17-19,22-23H2,1-4H3. The largest absolute Gasteiger partial charge is 0.361 e. The predicted molar refractivity (Wildman–Crippen MR) is 163 cm³/mol. The molecule has 1 N–H and O–H groups in total. The zero-order valence-corrected chi connectivity index (χ0v) is 24.9. The average molecular weight is 589 g/mol. The lowest BCUT2D eigenvalue weighted by atomic mass is 9.87. The molecule has 4 aromatic rings. The lowest BCUT2D eigenvalue weighted by Gasteiger charge is -2.28. The first-order valence-electron chi connectivity index (χ1n) is 13.6. The van der Waals surface area contributed by atoms with E-state index in [1.165, 1.54) is 16.5 Å². The van der Waals surface area contributed by atoms with Crippen molar-refractivity contribution in [3.05, 3.63) is 106 Å². The van der Waals surface area contributed by atoms with E-state index in [-0.39, 0.29) is 23.8 Å². The number of aromatic nitrogens is 1. The highest BCUT2D eigenvalue weighted by atomic mass is 79.9. The molecule has 1 aromatic heterocycles. The molecule has 0 fully saturated rings. The number of H-pyrrole nitrogens is 1. The monoisotopic (exact) mass is 587 g/mol. The Bertz CT molecular complexity index is 1420. The maximum Gasteiger partial charge on any atom is 0.254 e. The molecule has 1 heterocycles. The van der Waals surface area contributed by atoms with E-state index in [1.54, 1.807) is 17.0 Å². The number of para-hydroxylation sites is 1. The smallest absolute Gasteiger partial charge is 0.254 e. The molecule has 0 spiro atoms. The number of amides is 2. The second-order valence-corrected chi connectivity index (χ2v) is 12.0. The van der Waals surface area contributed by atoms with Crippen molar-refractivity contribution in [2.24, 2.45) is 0 Å². The van der Waals surface area contributed by atoms with Gasteiger partial charge in [0.25, 0.3) is 5.91 Å². The Morgan fingerprint density at radius 2 is 1.64 bits per heavy atom. The number of fused-ring (bicyclic) bond motifs is 1. The quantitative estimate of drug-likeness (QED) is 0.211. The maximum atomic E-state index is 13.8. The summed E-state index contributed by atoms with van der Waals surface area (Å²) in [6, 6.07) is 24.1. The summed E-state index contributed by atoms with van der Waals surface area (Å²) in [6.45, 7) is 10.2. The van der Waals surface area contributed by atoms with Gasteiger partial charge >= 0.3 is 0 Å². The van der Waals surface area contributed by atoms with Crippen LogP contribution in [0.1, 0.15) is 61.2 Å². The van der Waals surface area contributed by atoms with Gasteiger partial charge in [0.2, 0.25) is 5.91 Å². The number of nitrogens with zero attached hydrogens (tertiary/aromatic N) is 2. The van der Waals surface area contributed by atoms with Gasteiger partial charge in [0.15, 0.2) is 0 Å². The third kappa shape index (κ3) is 7.39. The van der Waals surface area contributed by atoms with Crippen LogP contribution in [0, 0.1) is 0 Å². The minimum atomic E-state index is -0.127. The number of halogens is 1. The van der Waals surface area contributed by atoms with E-state index in [2.05, 4.69) is 78.1 Å². The lowest BCUT2D eigenvalue weighted by molar-refractivity contribution is -0.132. The Balaban J connectivity index is 1.55. The molecular formula is C33H38BrN3O2. The van der Waals surface area contributed by atoms with Crippen molar-refractivity contribution in [2.75, 3.05) is 19.6 Å². The summed E-state index contributed by atoms with van der Waals surface area (Å²) in [5.74, 6) is -0.177. The molecule has 0 saturated carbocycles. The van der Waals surface area contributed by atoms with Crippen LogP contribution in [0.15, 0.2) is 83.5 Å². The van der Waals surface area contributed by atoms with Gasteiger partial charge in [-0.1, -0.05) is 92.2 Å². The summed E-state index contributed by atoms with van der Waals surface area (Å²) in [4.78, 5) is 34.1. The topological polar surface area (TPSA) is 56.4 Å². The summed E-state index contributed by atoms with van der Waals surface area (Å²) in [6.07, 6.45) is 3.53. The van der Waals surface area contributed by atoms with Crippen LogP contribution in [0.4, 0.5) is 0 Å². The van der Waals surface area contributed by atoms with E-state index in [0.717, 1.165) is 28.4 Å². The Morgan fingerprint density at radius 3 is 2.33 bits per heavy atom. The van der Waals surface area contributed by atoms with E-state index < -0.39 is 0 Å². The van der Waals surface area contributed by atoms with Crippen molar-refractivity contribution in [3.8, 4) is 0 Å². The zero-order valence-electron chi connectivity index (χ0n) is 23.3. The molecule has 0 bridgehead atoms. The molecule has 0 aliphatic carbocycles. The van der Waals surface area contributed by atoms with Gasteiger partial charge in [0.05, 0.1) is 0 Å². The zero-order chi connectivity index (χ0) is 28.0. The highest BCUT2D eigenvalue weighted by Crippen LogP contribution is 2.23. The Kier molecular flexibility index (Phi) is 9.28. The van der Waals surface area contributed by atoms with Crippen molar-refractivity contribution in [3.63, 3.8) is 0 Å². The summed E-state index contributed by atoms with van der Waals surface area (Å²) >= 11 is 3.45. The first-order chi connectivity index (χ1) is 18.7. The first kappa shape index (κ1) is 28.6. The van der Waals surface area contributed by atoms with Gasteiger partial charge < -0.3 is 14.8 Å². The van der Waals surface area contributed by atoms with Crippen LogP contribution < -0.4 is 0 Å². The molecular weight excluding hydrogens is 550 g/mol.